The number of amides is 1. The lowest BCUT2D eigenvalue weighted by Gasteiger charge is -2.09. The predicted molar refractivity (Wildman–Crippen MR) is 98.6 cm³/mol. The molecule has 0 fully saturated rings. The molecule has 0 radical (unpaired) electrons. The van der Waals surface area contributed by atoms with Crippen molar-refractivity contribution in [3.63, 3.8) is 0 Å². The van der Waals surface area contributed by atoms with Crippen molar-refractivity contribution in [1.82, 2.24) is 9.78 Å². The smallest absolute Gasteiger partial charge is 0.257 e. The van der Waals surface area contributed by atoms with Gasteiger partial charge in [-0.3, -0.25) is 9.48 Å². The summed E-state index contributed by atoms with van der Waals surface area (Å²) >= 11 is 0. The molecule has 130 valence electrons. The van der Waals surface area contributed by atoms with E-state index in [0.29, 0.717) is 28.5 Å². The largest absolute Gasteiger partial charge is 0.464 e. The maximum atomic E-state index is 12.6. The Labute approximate surface area is 150 Å². The van der Waals surface area contributed by atoms with Gasteiger partial charge in [0.2, 0.25) is 0 Å². The van der Waals surface area contributed by atoms with E-state index in [2.05, 4.69) is 10.4 Å². The molecule has 0 unspecified atom stereocenters. The maximum Gasteiger partial charge on any atom is 0.257 e. The highest BCUT2D eigenvalue weighted by molar-refractivity contribution is 6.06. The third kappa shape index (κ3) is 3.17. The number of nitrogens with one attached hydrogen (secondary N) is 1. The van der Waals surface area contributed by atoms with Gasteiger partial charge < -0.3 is 14.5 Å². The van der Waals surface area contributed by atoms with E-state index in [9.17, 15) is 4.79 Å². The summed E-state index contributed by atoms with van der Waals surface area (Å²) in [6.07, 6.45) is 3.34. The Bertz CT molecular complexity index is 1080. The molecule has 0 atom stereocenters. The number of nitrogens with zero attached hydrogens (tertiary/aromatic N) is 2. The Morgan fingerprint density at radius 1 is 1.15 bits per heavy atom. The van der Waals surface area contributed by atoms with E-state index in [1.165, 1.54) is 0 Å². The topological polar surface area (TPSA) is 69.3 Å². The lowest BCUT2D eigenvalue weighted by molar-refractivity contribution is 0.102. The van der Waals surface area contributed by atoms with Gasteiger partial charge in [0.1, 0.15) is 17.1 Å². The summed E-state index contributed by atoms with van der Waals surface area (Å²) in [7, 11) is 1.79. The lowest BCUT2D eigenvalue weighted by Crippen LogP contribution is -2.12. The highest BCUT2D eigenvalue weighted by Crippen LogP contribution is 2.32. The molecule has 6 heteroatoms. The van der Waals surface area contributed by atoms with Gasteiger partial charge in [0, 0.05) is 24.9 Å². The van der Waals surface area contributed by atoms with Crippen LogP contribution in [-0.2, 0) is 7.05 Å². The van der Waals surface area contributed by atoms with Crippen LogP contribution in [0.25, 0.3) is 11.0 Å². The molecule has 2 aromatic carbocycles. The van der Waals surface area contributed by atoms with Crippen LogP contribution in [0.4, 0.5) is 5.82 Å². The SMILES string of the molecule is Cc1ccc(Oc2cc(C(=O)Nc3ccn(C)n3)cc3occc23)cc1. The molecule has 1 N–H and O–H groups in total. The summed E-state index contributed by atoms with van der Waals surface area (Å²) < 4.78 is 13.1. The fourth-order valence-electron chi connectivity index (χ4n) is 2.66. The third-order valence-electron chi connectivity index (χ3n) is 4.00. The Morgan fingerprint density at radius 2 is 1.96 bits per heavy atom. The maximum absolute atomic E-state index is 12.6. The van der Waals surface area contributed by atoms with Crippen LogP contribution < -0.4 is 10.1 Å². The van der Waals surface area contributed by atoms with Crippen molar-refractivity contribution in [1.29, 1.82) is 0 Å². The fourth-order valence-corrected chi connectivity index (χ4v) is 2.66. The molecule has 0 bridgehead atoms. The first kappa shape index (κ1) is 16.0. The summed E-state index contributed by atoms with van der Waals surface area (Å²) in [6, 6.07) is 14.7. The van der Waals surface area contributed by atoms with Crippen molar-refractivity contribution < 1.29 is 13.9 Å². The van der Waals surface area contributed by atoms with Crippen molar-refractivity contribution >= 4 is 22.7 Å². The number of benzene rings is 2. The highest BCUT2D eigenvalue weighted by atomic mass is 16.5. The summed E-state index contributed by atoms with van der Waals surface area (Å²) in [6.45, 7) is 2.01. The average Bonchev–Trinajstić information content (AvgIpc) is 3.25. The number of rotatable bonds is 4. The quantitative estimate of drug-likeness (QED) is 0.589. The summed E-state index contributed by atoms with van der Waals surface area (Å²) in [5.74, 6) is 1.46. The van der Waals surface area contributed by atoms with Gasteiger partial charge in [0.05, 0.1) is 11.6 Å². The zero-order valence-corrected chi connectivity index (χ0v) is 14.4. The molecule has 2 heterocycles. The molecule has 0 saturated carbocycles. The molecule has 4 aromatic rings. The van der Waals surface area contributed by atoms with E-state index in [0.717, 1.165) is 10.9 Å². The molecular formula is C20H17N3O3. The fraction of sp³-hybridized carbons (Fsp3) is 0.100. The van der Waals surface area contributed by atoms with E-state index >= 15 is 0 Å². The zero-order chi connectivity index (χ0) is 18.1. The average molecular weight is 347 g/mol. The van der Waals surface area contributed by atoms with Gasteiger partial charge in [0.25, 0.3) is 5.91 Å². The Hall–Kier alpha value is -3.54. The summed E-state index contributed by atoms with van der Waals surface area (Å²) in [5, 5.41) is 7.73. The number of ether oxygens (including phenoxy) is 1. The lowest BCUT2D eigenvalue weighted by atomic mass is 10.1. The number of hydrogen-bond acceptors (Lipinski definition) is 4. The highest BCUT2D eigenvalue weighted by Gasteiger charge is 2.15. The number of anilines is 1. The number of carbonyl (C=O) groups is 1. The standard InChI is InChI=1S/C20H17N3O3/c1-13-3-5-15(6-4-13)26-18-12-14(11-17-16(18)8-10-25-17)20(24)21-19-7-9-23(2)22-19/h3-12H,1-2H3,(H,21,22,24). The Balaban J connectivity index is 1.67. The van der Waals surface area contributed by atoms with Crippen LogP contribution in [0.1, 0.15) is 15.9 Å². The minimum absolute atomic E-state index is 0.282. The van der Waals surface area contributed by atoms with Crippen molar-refractivity contribution in [3.05, 3.63) is 72.1 Å². The first-order valence-electron chi connectivity index (χ1n) is 8.15. The van der Waals surface area contributed by atoms with Gasteiger partial charge in [-0.15, -0.1) is 0 Å². The molecule has 1 amide bonds. The second kappa shape index (κ2) is 6.40. The van der Waals surface area contributed by atoms with Gasteiger partial charge in [-0.25, -0.2) is 0 Å². The van der Waals surface area contributed by atoms with E-state index < -0.39 is 0 Å². The minimum atomic E-state index is -0.282. The van der Waals surface area contributed by atoms with Crippen LogP contribution in [-0.4, -0.2) is 15.7 Å². The van der Waals surface area contributed by atoms with Crippen LogP contribution in [0.2, 0.25) is 0 Å². The number of furan rings is 1. The molecule has 4 rings (SSSR count). The molecule has 26 heavy (non-hydrogen) atoms. The molecule has 0 aliphatic carbocycles. The van der Waals surface area contributed by atoms with Crippen LogP contribution in [0, 0.1) is 6.92 Å². The van der Waals surface area contributed by atoms with E-state index in [4.69, 9.17) is 9.15 Å². The van der Waals surface area contributed by atoms with Gasteiger partial charge >= 0.3 is 0 Å². The molecule has 0 aliphatic heterocycles. The van der Waals surface area contributed by atoms with Gasteiger partial charge in [-0.05, 0) is 37.3 Å². The van der Waals surface area contributed by atoms with E-state index in [-0.39, 0.29) is 5.91 Å². The first-order valence-corrected chi connectivity index (χ1v) is 8.15. The molecule has 0 aliphatic rings. The van der Waals surface area contributed by atoms with E-state index in [1.807, 2.05) is 37.3 Å². The van der Waals surface area contributed by atoms with Crippen molar-refractivity contribution in [2.24, 2.45) is 7.05 Å². The number of hydrogen-bond donors (Lipinski definition) is 1. The number of carbonyl (C=O) groups excluding carboxylic acids is 1. The zero-order valence-electron chi connectivity index (χ0n) is 14.4. The van der Waals surface area contributed by atoms with Crippen LogP contribution in [0.3, 0.4) is 0 Å². The van der Waals surface area contributed by atoms with E-state index in [1.54, 1.807) is 42.4 Å². The minimum Gasteiger partial charge on any atom is -0.464 e. The Morgan fingerprint density at radius 3 is 2.69 bits per heavy atom. The molecule has 6 nitrogen and oxygen atoms in total. The van der Waals surface area contributed by atoms with Crippen LogP contribution >= 0.6 is 0 Å². The van der Waals surface area contributed by atoms with Crippen LogP contribution in [0.5, 0.6) is 11.5 Å². The molecule has 2 aromatic heterocycles. The third-order valence-corrected chi connectivity index (χ3v) is 4.00. The summed E-state index contributed by atoms with van der Waals surface area (Å²) in [5.41, 5.74) is 2.16. The Kier molecular flexibility index (Phi) is 3.93. The van der Waals surface area contributed by atoms with Gasteiger partial charge in [-0.2, -0.15) is 5.10 Å². The van der Waals surface area contributed by atoms with Crippen molar-refractivity contribution in [3.8, 4) is 11.5 Å². The number of aryl methyl sites for hydroxylation is 2. The second-order valence-electron chi connectivity index (χ2n) is 6.05. The normalized spacial score (nSPS) is 10.8. The molecule has 0 saturated heterocycles. The monoisotopic (exact) mass is 347 g/mol. The van der Waals surface area contributed by atoms with Crippen molar-refractivity contribution in [2.45, 2.75) is 6.92 Å². The molecule has 0 spiro atoms. The summed E-state index contributed by atoms with van der Waals surface area (Å²) in [4.78, 5) is 12.6. The number of aromatic nitrogens is 2. The number of fused-ring (bicyclic) bond motifs is 1. The first-order chi connectivity index (χ1) is 12.6. The van der Waals surface area contributed by atoms with Gasteiger partial charge in [-0.1, -0.05) is 17.7 Å². The van der Waals surface area contributed by atoms with Crippen LogP contribution in [0.15, 0.2) is 65.4 Å². The van der Waals surface area contributed by atoms with Crippen molar-refractivity contribution in [2.75, 3.05) is 5.32 Å². The predicted octanol–water partition coefficient (Wildman–Crippen LogP) is 4.52. The van der Waals surface area contributed by atoms with Gasteiger partial charge in [0.15, 0.2) is 5.82 Å². The second-order valence-corrected chi connectivity index (χ2v) is 6.05. The molecular weight excluding hydrogens is 330 g/mol.